The van der Waals surface area contributed by atoms with Crippen LogP contribution in [-0.2, 0) is 11.2 Å². The van der Waals surface area contributed by atoms with Gasteiger partial charge in [-0.05, 0) is 38.7 Å². The molecule has 2 N–H and O–H groups in total. The first-order valence-corrected chi connectivity index (χ1v) is 8.53. The van der Waals surface area contributed by atoms with Gasteiger partial charge in [-0.1, -0.05) is 62.4 Å². The molecule has 1 aromatic carbocycles. The highest BCUT2D eigenvalue weighted by atomic mass is 16.6. The van der Waals surface area contributed by atoms with Crippen molar-refractivity contribution in [3.8, 4) is 0 Å². The summed E-state index contributed by atoms with van der Waals surface area (Å²) in [5, 5.41) is 9.62. The fourth-order valence-electron chi connectivity index (χ4n) is 2.73. The SMILES string of the molecule is CC(C)(C)OC(=O)NC(=O)O.c1ccc(CC2CCCCC2)cc1. The van der Waals surface area contributed by atoms with E-state index in [0.717, 1.165) is 5.92 Å². The minimum Gasteiger partial charge on any atom is -0.465 e. The van der Waals surface area contributed by atoms with Crippen molar-refractivity contribution >= 4 is 12.2 Å². The van der Waals surface area contributed by atoms with Crippen LogP contribution in [0.15, 0.2) is 30.3 Å². The third-order valence-corrected chi connectivity index (χ3v) is 3.70. The van der Waals surface area contributed by atoms with Crippen molar-refractivity contribution in [2.24, 2.45) is 5.92 Å². The number of benzene rings is 1. The zero-order valence-corrected chi connectivity index (χ0v) is 14.9. The van der Waals surface area contributed by atoms with Gasteiger partial charge in [0.2, 0.25) is 0 Å². The third-order valence-electron chi connectivity index (χ3n) is 3.70. The lowest BCUT2D eigenvalue weighted by Gasteiger charge is -2.21. The molecule has 0 bridgehead atoms. The lowest BCUT2D eigenvalue weighted by Crippen LogP contribution is -2.35. The van der Waals surface area contributed by atoms with E-state index in [4.69, 9.17) is 5.11 Å². The molecule has 2 rings (SSSR count). The molecule has 1 fully saturated rings. The second kappa shape index (κ2) is 9.96. The molecule has 1 aromatic rings. The van der Waals surface area contributed by atoms with Crippen LogP contribution in [0.5, 0.6) is 0 Å². The molecule has 134 valence electrons. The van der Waals surface area contributed by atoms with Crippen LogP contribution in [0, 0.1) is 5.92 Å². The maximum Gasteiger partial charge on any atom is 0.417 e. The van der Waals surface area contributed by atoms with Gasteiger partial charge in [0.25, 0.3) is 0 Å². The zero-order valence-electron chi connectivity index (χ0n) is 14.9. The standard InChI is InChI=1S/C13H18.C6H11NO4/c1-3-7-12(8-4-1)11-13-9-5-2-6-10-13;1-6(2,3)11-5(10)7-4(8)9/h1,3-4,7-8,13H,2,5-6,9-11H2;1-3H3,(H,7,10)(H,8,9). The van der Waals surface area contributed by atoms with Crippen molar-refractivity contribution in [2.75, 3.05) is 0 Å². The first-order valence-electron chi connectivity index (χ1n) is 8.53. The van der Waals surface area contributed by atoms with E-state index in [0.29, 0.717) is 0 Å². The molecule has 0 aromatic heterocycles. The van der Waals surface area contributed by atoms with Crippen molar-refractivity contribution in [2.45, 2.75) is 64.9 Å². The number of hydrogen-bond acceptors (Lipinski definition) is 3. The third kappa shape index (κ3) is 9.87. The maximum absolute atomic E-state index is 10.6. The Balaban J connectivity index is 0.000000245. The van der Waals surface area contributed by atoms with Crippen molar-refractivity contribution in [1.29, 1.82) is 0 Å². The molecule has 0 unspecified atom stereocenters. The largest absolute Gasteiger partial charge is 0.465 e. The highest BCUT2D eigenvalue weighted by Crippen LogP contribution is 2.26. The predicted molar refractivity (Wildman–Crippen MR) is 94.1 cm³/mol. The Morgan fingerprint density at radius 2 is 1.71 bits per heavy atom. The fraction of sp³-hybridized carbons (Fsp3) is 0.579. The van der Waals surface area contributed by atoms with Crippen LogP contribution in [0.2, 0.25) is 0 Å². The van der Waals surface area contributed by atoms with Crippen LogP contribution >= 0.6 is 0 Å². The van der Waals surface area contributed by atoms with E-state index in [9.17, 15) is 9.59 Å². The highest BCUT2D eigenvalue weighted by molar-refractivity contribution is 5.86. The Bertz CT molecular complexity index is 502. The monoisotopic (exact) mass is 335 g/mol. The lowest BCUT2D eigenvalue weighted by molar-refractivity contribution is 0.0530. The van der Waals surface area contributed by atoms with Crippen LogP contribution < -0.4 is 5.32 Å². The number of imide groups is 1. The van der Waals surface area contributed by atoms with E-state index in [1.165, 1.54) is 44.1 Å². The molecule has 5 nitrogen and oxygen atoms in total. The van der Waals surface area contributed by atoms with E-state index in [-0.39, 0.29) is 0 Å². The summed E-state index contributed by atoms with van der Waals surface area (Å²) >= 11 is 0. The summed E-state index contributed by atoms with van der Waals surface area (Å²) < 4.78 is 4.62. The van der Waals surface area contributed by atoms with Gasteiger partial charge in [0.15, 0.2) is 0 Å². The second-order valence-electron chi connectivity index (χ2n) is 7.13. The lowest BCUT2D eigenvalue weighted by atomic mass is 9.85. The molecule has 0 spiro atoms. The van der Waals surface area contributed by atoms with Crippen LogP contribution in [0.1, 0.15) is 58.4 Å². The summed E-state index contributed by atoms with van der Waals surface area (Å²) in [4.78, 5) is 20.4. The van der Waals surface area contributed by atoms with E-state index >= 15 is 0 Å². The summed E-state index contributed by atoms with van der Waals surface area (Å²) in [6.45, 7) is 4.94. The van der Waals surface area contributed by atoms with Gasteiger partial charge in [-0.25, -0.2) is 14.9 Å². The van der Waals surface area contributed by atoms with Gasteiger partial charge in [-0.15, -0.1) is 0 Å². The normalized spacial score (nSPS) is 15.0. The van der Waals surface area contributed by atoms with Crippen molar-refractivity contribution in [3.63, 3.8) is 0 Å². The van der Waals surface area contributed by atoms with Gasteiger partial charge in [-0.3, -0.25) is 0 Å². The summed E-state index contributed by atoms with van der Waals surface area (Å²) in [6, 6.07) is 10.9. The van der Waals surface area contributed by atoms with Crippen LogP contribution in [0.3, 0.4) is 0 Å². The molecule has 1 aliphatic carbocycles. The predicted octanol–water partition coefficient (Wildman–Crippen LogP) is 5.00. The molecule has 5 heteroatoms. The van der Waals surface area contributed by atoms with E-state index < -0.39 is 17.8 Å². The van der Waals surface area contributed by atoms with Gasteiger partial charge < -0.3 is 9.84 Å². The average molecular weight is 335 g/mol. The molecule has 1 saturated carbocycles. The van der Waals surface area contributed by atoms with E-state index in [1.54, 1.807) is 26.1 Å². The summed E-state index contributed by atoms with van der Waals surface area (Å²) in [5.74, 6) is 0.969. The zero-order chi connectivity index (χ0) is 18.0. The first-order chi connectivity index (χ1) is 11.3. The highest BCUT2D eigenvalue weighted by Gasteiger charge is 2.17. The molecule has 0 aliphatic heterocycles. The summed E-state index contributed by atoms with van der Waals surface area (Å²) in [6.07, 6.45) is 6.22. The summed E-state index contributed by atoms with van der Waals surface area (Å²) in [7, 11) is 0. The Kier molecular flexibility index (Phi) is 8.30. The number of amides is 2. The number of ether oxygens (including phenoxy) is 1. The molecule has 1 aliphatic rings. The molecular weight excluding hydrogens is 306 g/mol. The minimum atomic E-state index is -1.42. The average Bonchev–Trinajstić information content (AvgIpc) is 2.47. The van der Waals surface area contributed by atoms with Gasteiger partial charge >= 0.3 is 12.2 Å². The molecule has 0 saturated heterocycles. The van der Waals surface area contributed by atoms with Gasteiger partial charge in [-0.2, -0.15) is 0 Å². The van der Waals surface area contributed by atoms with E-state index in [1.807, 2.05) is 0 Å². The molecule has 0 heterocycles. The Morgan fingerprint density at radius 1 is 1.12 bits per heavy atom. The number of carbonyl (C=O) groups excluding carboxylic acids is 1. The van der Waals surface area contributed by atoms with Crippen molar-refractivity contribution in [1.82, 2.24) is 5.32 Å². The van der Waals surface area contributed by atoms with Gasteiger partial charge in [0.05, 0.1) is 0 Å². The quantitative estimate of drug-likeness (QED) is 0.797. The van der Waals surface area contributed by atoms with Crippen LogP contribution in [0.4, 0.5) is 9.59 Å². The number of nitrogens with one attached hydrogen (secondary N) is 1. The van der Waals surface area contributed by atoms with Crippen LogP contribution in [0.25, 0.3) is 0 Å². The molecule has 0 radical (unpaired) electrons. The smallest absolute Gasteiger partial charge is 0.417 e. The second-order valence-corrected chi connectivity index (χ2v) is 7.13. The number of alkyl carbamates (subject to hydrolysis) is 1. The molecule has 2 amide bonds. The fourth-order valence-corrected chi connectivity index (χ4v) is 2.73. The molecule has 24 heavy (non-hydrogen) atoms. The number of carbonyl (C=O) groups is 2. The topological polar surface area (TPSA) is 75.6 Å². The number of carboxylic acid groups (broad SMARTS) is 1. The van der Waals surface area contributed by atoms with Gasteiger partial charge in [0, 0.05) is 0 Å². The molecule has 0 atom stereocenters. The van der Waals surface area contributed by atoms with E-state index in [2.05, 4.69) is 35.1 Å². The van der Waals surface area contributed by atoms with Crippen molar-refractivity contribution in [3.05, 3.63) is 35.9 Å². The minimum absolute atomic E-state index is 0.667. The first kappa shape index (κ1) is 20.0. The van der Waals surface area contributed by atoms with Crippen LogP contribution in [-0.4, -0.2) is 22.9 Å². The Labute approximate surface area is 144 Å². The molecular formula is C19H29NO4. The summed E-state index contributed by atoms with van der Waals surface area (Å²) in [5.41, 5.74) is 0.855. The number of rotatable bonds is 2. The Hall–Kier alpha value is -2.04. The number of hydrogen-bond donors (Lipinski definition) is 2. The Morgan fingerprint density at radius 3 is 2.21 bits per heavy atom. The maximum atomic E-state index is 10.6. The van der Waals surface area contributed by atoms with Crippen molar-refractivity contribution < 1.29 is 19.4 Å². The van der Waals surface area contributed by atoms with Gasteiger partial charge in [0.1, 0.15) is 5.60 Å².